The topological polar surface area (TPSA) is 67.2 Å². The van der Waals surface area contributed by atoms with Crippen molar-refractivity contribution in [3.05, 3.63) is 17.5 Å². The normalized spacial score (nSPS) is 21.2. The van der Waals surface area contributed by atoms with Gasteiger partial charge in [-0.2, -0.15) is 5.10 Å². The highest BCUT2D eigenvalue weighted by Gasteiger charge is 2.29. The van der Waals surface area contributed by atoms with Crippen molar-refractivity contribution in [3.8, 4) is 0 Å². The van der Waals surface area contributed by atoms with Gasteiger partial charge in [0, 0.05) is 26.2 Å². The lowest BCUT2D eigenvalue weighted by atomic mass is 9.87. The van der Waals surface area contributed by atoms with E-state index < -0.39 is 0 Å². The first-order valence-corrected chi connectivity index (χ1v) is 9.11. The van der Waals surface area contributed by atoms with Crippen LogP contribution in [0.3, 0.4) is 0 Å². The summed E-state index contributed by atoms with van der Waals surface area (Å²) in [5, 5.41) is 7.83. The quantitative estimate of drug-likeness (QED) is 0.917. The smallest absolute Gasteiger partial charge is 0.243 e. The van der Waals surface area contributed by atoms with Crippen molar-refractivity contribution in [2.24, 2.45) is 5.92 Å². The Labute approximate surface area is 143 Å². The molecule has 1 heterocycles. The van der Waals surface area contributed by atoms with E-state index in [2.05, 4.69) is 10.4 Å². The highest BCUT2D eigenvalue weighted by atomic mass is 16.2. The number of carbonyl (C=O) groups excluding carboxylic acids is 2. The number of rotatable bonds is 4. The number of hydrogen-bond donors (Lipinski definition) is 1. The lowest BCUT2D eigenvalue weighted by Gasteiger charge is -2.26. The number of fused-ring (bicyclic) bond motifs is 1. The number of aromatic nitrogens is 2. The fourth-order valence-electron chi connectivity index (χ4n) is 3.75. The molecule has 1 atom stereocenters. The van der Waals surface area contributed by atoms with Crippen LogP contribution < -0.4 is 5.32 Å². The highest BCUT2D eigenvalue weighted by molar-refractivity contribution is 5.79. The molecule has 0 spiro atoms. The van der Waals surface area contributed by atoms with Crippen molar-refractivity contribution in [2.45, 2.75) is 64.0 Å². The van der Waals surface area contributed by atoms with Crippen LogP contribution in [0.2, 0.25) is 0 Å². The van der Waals surface area contributed by atoms with Gasteiger partial charge in [0.15, 0.2) is 0 Å². The predicted molar refractivity (Wildman–Crippen MR) is 91.3 cm³/mol. The van der Waals surface area contributed by atoms with Gasteiger partial charge in [0.1, 0.15) is 6.54 Å². The number of aryl methyl sites for hydroxylation is 1. The summed E-state index contributed by atoms with van der Waals surface area (Å²) in [7, 11) is 3.50. The van der Waals surface area contributed by atoms with Crippen molar-refractivity contribution in [3.63, 3.8) is 0 Å². The molecule has 0 aliphatic heterocycles. The number of likely N-dealkylation sites (N-methyl/N-ethyl adjacent to an activating group) is 1. The third-order valence-electron chi connectivity index (χ3n) is 5.23. The van der Waals surface area contributed by atoms with Gasteiger partial charge in [0.05, 0.1) is 11.7 Å². The Kier molecular flexibility index (Phi) is 5.21. The van der Waals surface area contributed by atoms with E-state index in [1.165, 1.54) is 12.0 Å². The van der Waals surface area contributed by atoms with Gasteiger partial charge in [-0.15, -0.1) is 0 Å². The number of nitrogens with one attached hydrogen (secondary N) is 1. The van der Waals surface area contributed by atoms with Gasteiger partial charge in [-0.3, -0.25) is 14.3 Å². The molecule has 1 aromatic heterocycles. The Morgan fingerprint density at radius 3 is 2.67 bits per heavy atom. The molecule has 0 saturated heterocycles. The largest absolute Gasteiger partial charge is 0.347 e. The minimum atomic E-state index is -0.00103. The molecule has 132 valence electrons. The summed E-state index contributed by atoms with van der Waals surface area (Å²) < 4.78 is 1.72. The van der Waals surface area contributed by atoms with E-state index in [4.69, 9.17) is 0 Å². The van der Waals surface area contributed by atoms with Gasteiger partial charge >= 0.3 is 0 Å². The Morgan fingerprint density at radius 1 is 1.21 bits per heavy atom. The van der Waals surface area contributed by atoms with E-state index in [1.807, 2.05) is 6.20 Å². The number of amides is 2. The molecule has 1 fully saturated rings. The Morgan fingerprint density at radius 2 is 1.96 bits per heavy atom. The minimum absolute atomic E-state index is 0.00103. The standard InChI is InChI=1S/C18H28N4O2/c1-21(2)16(23)12-22-11-14-9-6-10-15(17(14)20-22)19-18(24)13-7-4-3-5-8-13/h11,13,15H,3-10,12H2,1-2H3,(H,19,24)/t15-/m1/s1. The third kappa shape index (κ3) is 3.79. The second-order valence-electron chi connectivity index (χ2n) is 7.31. The number of carbonyl (C=O) groups is 2. The summed E-state index contributed by atoms with van der Waals surface area (Å²) in [6, 6.07) is -0.00103. The molecule has 24 heavy (non-hydrogen) atoms. The molecular weight excluding hydrogens is 304 g/mol. The maximum atomic E-state index is 12.5. The molecule has 2 aliphatic rings. The fraction of sp³-hybridized carbons (Fsp3) is 0.722. The van der Waals surface area contributed by atoms with E-state index in [-0.39, 0.29) is 30.3 Å². The molecule has 0 radical (unpaired) electrons. The SMILES string of the molecule is CN(C)C(=O)Cn1cc2c(n1)[C@H](NC(=O)C1CCCCC1)CCC2. The fourth-order valence-corrected chi connectivity index (χ4v) is 3.75. The summed E-state index contributed by atoms with van der Waals surface area (Å²) in [6.07, 6.45) is 10.5. The van der Waals surface area contributed by atoms with Crippen LogP contribution in [-0.4, -0.2) is 40.6 Å². The molecule has 0 aromatic carbocycles. The van der Waals surface area contributed by atoms with Crippen LogP contribution in [0.5, 0.6) is 0 Å². The van der Waals surface area contributed by atoms with E-state index >= 15 is 0 Å². The van der Waals surface area contributed by atoms with Crippen LogP contribution in [-0.2, 0) is 22.6 Å². The maximum Gasteiger partial charge on any atom is 0.243 e. The molecule has 6 nitrogen and oxygen atoms in total. The van der Waals surface area contributed by atoms with Crippen LogP contribution in [0, 0.1) is 5.92 Å². The summed E-state index contributed by atoms with van der Waals surface area (Å²) in [4.78, 5) is 26.0. The molecule has 6 heteroatoms. The van der Waals surface area contributed by atoms with Gasteiger partial charge in [0.25, 0.3) is 0 Å². The molecule has 3 rings (SSSR count). The second-order valence-corrected chi connectivity index (χ2v) is 7.31. The molecule has 0 unspecified atom stereocenters. The summed E-state index contributed by atoms with van der Waals surface area (Å²) >= 11 is 0. The Hall–Kier alpha value is -1.85. The Balaban J connectivity index is 1.68. The van der Waals surface area contributed by atoms with Crippen LogP contribution in [0.4, 0.5) is 0 Å². The number of nitrogens with zero attached hydrogens (tertiary/aromatic N) is 3. The van der Waals surface area contributed by atoms with Gasteiger partial charge in [-0.25, -0.2) is 0 Å². The molecule has 1 N–H and O–H groups in total. The van der Waals surface area contributed by atoms with E-state index in [9.17, 15) is 9.59 Å². The van der Waals surface area contributed by atoms with E-state index in [0.29, 0.717) is 0 Å². The van der Waals surface area contributed by atoms with Crippen molar-refractivity contribution in [2.75, 3.05) is 14.1 Å². The second kappa shape index (κ2) is 7.36. The maximum absolute atomic E-state index is 12.5. The zero-order valence-electron chi connectivity index (χ0n) is 14.8. The molecule has 0 bridgehead atoms. The first-order chi connectivity index (χ1) is 11.5. The lowest BCUT2D eigenvalue weighted by Crippen LogP contribution is -2.36. The molecule has 1 saturated carbocycles. The summed E-state index contributed by atoms with van der Waals surface area (Å²) in [6.45, 7) is 0.253. The summed E-state index contributed by atoms with van der Waals surface area (Å²) in [5.41, 5.74) is 2.12. The molecule has 2 aliphatic carbocycles. The van der Waals surface area contributed by atoms with Crippen molar-refractivity contribution in [1.29, 1.82) is 0 Å². The Bertz CT molecular complexity index is 602. The van der Waals surface area contributed by atoms with Gasteiger partial charge in [-0.1, -0.05) is 19.3 Å². The van der Waals surface area contributed by atoms with Crippen LogP contribution in [0.15, 0.2) is 6.20 Å². The van der Waals surface area contributed by atoms with Crippen LogP contribution in [0.25, 0.3) is 0 Å². The average molecular weight is 332 g/mol. The van der Waals surface area contributed by atoms with Crippen molar-refractivity contribution in [1.82, 2.24) is 20.0 Å². The van der Waals surface area contributed by atoms with E-state index in [1.54, 1.807) is 23.7 Å². The zero-order valence-corrected chi connectivity index (χ0v) is 14.8. The van der Waals surface area contributed by atoms with E-state index in [0.717, 1.165) is 50.6 Å². The van der Waals surface area contributed by atoms with Crippen LogP contribution >= 0.6 is 0 Å². The zero-order chi connectivity index (χ0) is 17.1. The average Bonchev–Trinajstić information content (AvgIpc) is 2.99. The molecule has 1 aromatic rings. The molecule has 2 amide bonds. The first kappa shape index (κ1) is 17.0. The van der Waals surface area contributed by atoms with Crippen LogP contribution in [0.1, 0.15) is 62.2 Å². The predicted octanol–water partition coefficient (Wildman–Crippen LogP) is 2.05. The molecular formula is C18H28N4O2. The third-order valence-corrected chi connectivity index (χ3v) is 5.23. The first-order valence-electron chi connectivity index (χ1n) is 9.11. The summed E-state index contributed by atoms with van der Waals surface area (Å²) in [5.74, 6) is 0.380. The van der Waals surface area contributed by atoms with Gasteiger partial charge in [-0.05, 0) is 37.7 Å². The minimum Gasteiger partial charge on any atom is -0.347 e. The number of hydrogen-bond acceptors (Lipinski definition) is 3. The highest BCUT2D eigenvalue weighted by Crippen LogP contribution is 2.30. The van der Waals surface area contributed by atoms with Crippen molar-refractivity contribution < 1.29 is 9.59 Å². The monoisotopic (exact) mass is 332 g/mol. The lowest BCUT2D eigenvalue weighted by molar-refractivity contribution is -0.129. The van der Waals surface area contributed by atoms with Gasteiger partial charge in [0.2, 0.25) is 11.8 Å². The van der Waals surface area contributed by atoms with Gasteiger partial charge < -0.3 is 10.2 Å². The van der Waals surface area contributed by atoms with Crippen molar-refractivity contribution >= 4 is 11.8 Å².